The van der Waals surface area contributed by atoms with Gasteiger partial charge in [0, 0.05) is 28.8 Å². The fourth-order valence-electron chi connectivity index (χ4n) is 2.39. The third-order valence-electron chi connectivity index (χ3n) is 3.49. The summed E-state index contributed by atoms with van der Waals surface area (Å²) in [5.74, 6) is -0.811. The van der Waals surface area contributed by atoms with Gasteiger partial charge in [-0.25, -0.2) is 0 Å². The molecule has 1 amide bonds. The first kappa shape index (κ1) is 17.7. The Morgan fingerprint density at radius 2 is 1.95 bits per heavy atom. The summed E-state index contributed by atoms with van der Waals surface area (Å²) < 4.78 is 0. The quantitative estimate of drug-likeness (QED) is 0.800. The summed E-state index contributed by atoms with van der Waals surface area (Å²) in [5, 5.41) is 8.75. The second-order valence-corrected chi connectivity index (χ2v) is 7.08. The molecule has 0 aliphatic rings. The molecule has 1 heterocycles. The number of rotatable bonds is 8. The molecule has 0 saturated heterocycles. The number of aryl methyl sites for hydroxylation is 3. The van der Waals surface area contributed by atoms with Crippen LogP contribution in [0.3, 0.4) is 0 Å². The molecule has 0 radical (unpaired) electrons. The maximum atomic E-state index is 12.2. The maximum Gasteiger partial charge on any atom is 0.305 e. The van der Waals surface area contributed by atoms with Crippen LogP contribution in [0.15, 0.2) is 6.07 Å². The van der Waals surface area contributed by atoms with Gasteiger partial charge in [-0.15, -0.1) is 11.3 Å². The molecule has 0 spiro atoms. The summed E-state index contributed by atoms with van der Waals surface area (Å²) in [6, 6.07) is 2.23. The van der Waals surface area contributed by atoms with Crippen molar-refractivity contribution in [3.05, 3.63) is 21.4 Å². The van der Waals surface area contributed by atoms with Crippen molar-refractivity contribution in [2.24, 2.45) is 0 Å². The molecule has 4 nitrogen and oxygen atoms in total. The molecular weight excluding hydrogens is 286 g/mol. The van der Waals surface area contributed by atoms with Crippen LogP contribution in [-0.4, -0.2) is 34.5 Å². The van der Waals surface area contributed by atoms with E-state index in [4.69, 9.17) is 5.11 Å². The van der Waals surface area contributed by atoms with E-state index in [1.807, 2.05) is 13.8 Å². The Morgan fingerprint density at radius 3 is 2.43 bits per heavy atom. The zero-order chi connectivity index (χ0) is 16.0. The van der Waals surface area contributed by atoms with Gasteiger partial charge in [-0.05, 0) is 52.2 Å². The lowest BCUT2D eigenvalue weighted by molar-refractivity contribution is -0.139. The molecule has 0 aromatic carbocycles. The number of carboxylic acid groups (broad SMARTS) is 1. The lowest BCUT2D eigenvalue weighted by Crippen LogP contribution is -2.38. The molecule has 0 bridgehead atoms. The van der Waals surface area contributed by atoms with Crippen LogP contribution < -0.4 is 0 Å². The van der Waals surface area contributed by atoms with Gasteiger partial charge >= 0.3 is 5.97 Å². The van der Waals surface area contributed by atoms with E-state index in [9.17, 15) is 9.59 Å². The number of nitrogens with zero attached hydrogens (tertiary/aromatic N) is 1. The summed E-state index contributed by atoms with van der Waals surface area (Å²) in [6.07, 6.45) is 2.21. The minimum atomic E-state index is -0.863. The number of carbonyl (C=O) groups is 2. The normalized spacial score (nSPS) is 10.9. The first-order valence-corrected chi connectivity index (χ1v) is 8.20. The number of aliphatic carboxylic acids is 1. The van der Waals surface area contributed by atoms with Gasteiger partial charge in [0.15, 0.2) is 0 Å². The van der Waals surface area contributed by atoms with Crippen LogP contribution in [0.2, 0.25) is 0 Å². The van der Waals surface area contributed by atoms with Crippen LogP contribution in [-0.2, 0) is 16.0 Å². The third-order valence-corrected chi connectivity index (χ3v) is 4.50. The molecule has 118 valence electrons. The van der Waals surface area contributed by atoms with Crippen molar-refractivity contribution in [3.63, 3.8) is 0 Å². The molecular formula is C16H25NO3S. The predicted molar refractivity (Wildman–Crippen MR) is 85.8 cm³/mol. The molecule has 1 aromatic rings. The Kier molecular flexibility index (Phi) is 6.89. The molecule has 0 atom stereocenters. The van der Waals surface area contributed by atoms with Crippen molar-refractivity contribution in [2.75, 3.05) is 6.54 Å². The van der Waals surface area contributed by atoms with E-state index >= 15 is 0 Å². The van der Waals surface area contributed by atoms with Crippen LogP contribution in [0.4, 0.5) is 0 Å². The van der Waals surface area contributed by atoms with E-state index in [-0.39, 0.29) is 18.4 Å². The molecule has 21 heavy (non-hydrogen) atoms. The Hall–Kier alpha value is -1.36. The van der Waals surface area contributed by atoms with Crippen molar-refractivity contribution in [1.82, 2.24) is 4.90 Å². The number of carbonyl (C=O) groups excluding carboxylic acids is 1. The summed E-state index contributed by atoms with van der Waals surface area (Å²) in [7, 11) is 0. The fraction of sp³-hybridized carbons (Fsp3) is 0.625. The first-order chi connectivity index (χ1) is 9.81. The second kappa shape index (κ2) is 8.17. The maximum absolute atomic E-state index is 12.2. The number of hydrogen-bond acceptors (Lipinski definition) is 3. The first-order valence-electron chi connectivity index (χ1n) is 7.38. The highest BCUT2D eigenvalue weighted by atomic mass is 32.1. The lowest BCUT2D eigenvalue weighted by atomic mass is 10.1. The van der Waals surface area contributed by atoms with E-state index in [2.05, 4.69) is 19.9 Å². The third kappa shape index (κ3) is 5.87. The van der Waals surface area contributed by atoms with Crippen LogP contribution in [0.25, 0.3) is 0 Å². The highest BCUT2D eigenvalue weighted by Gasteiger charge is 2.17. The number of hydrogen-bond donors (Lipinski definition) is 1. The van der Waals surface area contributed by atoms with Crippen molar-refractivity contribution in [3.8, 4) is 0 Å². The molecule has 0 saturated carbocycles. The van der Waals surface area contributed by atoms with Crippen molar-refractivity contribution in [1.29, 1.82) is 0 Å². The van der Waals surface area contributed by atoms with Gasteiger partial charge in [-0.1, -0.05) is 0 Å². The van der Waals surface area contributed by atoms with Crippen LogP contribution >= 0.6 is 11.3 Å². The molecule has 0 aliphatic carbocycles. The molecule has 1 rings (SSSR count). The number of thiophene rings is 1. The minimum absolute atomic E-state index is 0.00670. The van der Waals surface area contributed by atoms with Crippen LogP contribution in [0, 0.1) is 13.8 Å². The molecule has 1 N–H and O–H groups in total. The molecule has 1 aromatic heterocycles. The van der Waals surface area contributed by atoms with Gasteiger partial charge in [-0.3, -0.25) is 9.59 Å². The van der Waals surface area contributed by atoms with Gasteiger partial charge in [0.25, 0.3) is 0 Å². The van der Waals surface area contributed by atoms with E-state index in [1.54, 1.807) is 16.2 Å². The van der Waals surface area contributed by atoms with Crippen LogP contribution in [0.1, 0.15) is 48.4 Å². The van der Waals surface area contributed by atoms with E-state index in [1.165, 1.54) is 15.3 Å². The highest BCUT2D eigenvalue weighted by Crippen LogP contribution is 2.22. The van der Waals surface area contributed by atoms with Crippen molar-refractivity contribution in [2.45, 2.75) is 59.4 Å². The second-order valence-electron chi connectivity index (χ2n) is 5.62. The number of amides is 1. The lowest BCUT2D eigenvalue weighted by Gasteiger charge is -2.26. The van der Waals surface area contributed by atoms with Gasteiger partial charge in [-0.2, -0.15) is 0 Å². The molecule has 0 fully saturated rings. The monoisotopic (exact) mass is 311 g/mol. The van der Waals surface area contributed by atoms with E-state index in [0.717, 1.165) is 12.8 Å². The van der Waals surface area contributed by atoms with Gasteiger partial charge < -0.3 is 10.0 Å². The van der Waals surface area contributed by atoms with Crippen LogP contribution in [0.5, 0.6) is 0 Å². The standard InChI is InChI=1S/C16H25NO3S/c1-11(2)17(9-8-16(19)20)15(18)7-5-6-14-10-12(3)21-13(14)4/h10-11H,5-9H2,1-4H3,(H,19,20). The van der Waals surface area contributed by atoms with Crippen molar-refractivity contribution >= 4 is 23.2 Å². The smallest absolute Gasteiger partial charge is 0.305 e. The zero-order valence-electron chi connectivity index (χ0n) is 13.3. The molecule has 0 unspecified atom stereocenters. The summed E-state index contributed by atoms with van der Waals surface area (Å²) in [4.78, 5) is 27.2. The highest BCUT2D eigenvalue weighted by molar-refractivity contribution is 7.12. The number of carboxylic acids is 1. The zero-order valence-corrected chi connectivity index (χ0v) is 14.1. The average Bonchev–Trinajstić information content (AvgIpc) is 2.67. The van der Waals surface area contributed by atoms with Gasteiger partial charge in [0.1, 0.15) is 0 Å². The summed E-state index contributed by atoms with van der Waals surface area (Å²) in [5.41, 5.74) is 1.33. The summed E-state index contributed by atoms with van der Waals surface area (Å²) >= 11 is 1.79. The topological polar surface area (TPSA) is 57.6 Å². The predicted octanol–water partition coefficient (Wildman–Crippen LogP) is 3.40. The Labute approximate surface area is 130 Å². The van der Waals surface area contributed by atoms with Crippen molar-refractivity contribution < 1.29 is 14.7 Å². The Bertz CT molecular complexity index is 494. The van der Waals surface area contributed by atoms with E-state index in [0.29, 0.717) is 13.0 Å². The average molecular weight is 311 g/mol. The van der Waals surface area contributed by atoms with Gasteiger partial charge in [0.05, 0.1) is 6.42 Å². The largest absolute Gasteiger partial charge is 0.481 e. The SMILES string of the molecule is Cc1cc(CCCC(=O)N(CCC(=O)O)C(C)C)c(C)s1. The Balaban J connectivity index is 2.46. The molecule has 0 aliphatic heterocycles. The fourth-order valence-corrected chi connectivity index (χ4v) is 3.37. The molecule has 5 heteroatoms. The van der Waals surface area contributed by atoms with E-state index < -0.39 is 5.97 Å². The van der Waals surface area contributed by atoms with Gasteiger partial charge in [0.2, 0.25) is 5.91 Å². The minimum Gasteiger partial charge on any atom is -0.481 e. The summed E-state index contributed by atoms with van der Waals surface area (Å²) in [6.45, 7) is 8.35. The Morgan fingerprint density at radius 1 is 1.29 bits per heavy atom.